The highest BCUT2D eigenvalue weighted by Crippen LogP contribution is 2.43. The molecule has 0 unspecified atom stereocenters. The van der Waals surface area contributed by atoms with Crippen molar-refractivity contribution in [1.82, 2.24) is 9.55 Å². The lowest BCUT2D eigenvalue weighted by molar-refractivity contribution is 0.412. The molecule has 21 heavy (non-hydrogen) atoms. The van der Waals surface area contributed by atoms with Gasteiger partial charge in [-0.15, -0.1) is 0 Å². The second-order valence-electron chi connectivity index (χ2n) is 5.81. The van der Waals surface area contributed by atoms with Gasteiger partial charge in [-0.2, -0.15) is 0 Å². The number of methoxy groups -OCH3 is 1. The van der Waals surface area contributed by atoms with E-state index in [0.29, 0.717) is 12.0 Å². The van der Waals surface area contributed by atoms with Crippen LogP contribution in [0.4, 0.5) is 5.82 Å². The van der Waals surface area contributed by atoms with E-state index < -0.39 is 0 Å². The number of halogens is 1. The minimum Gasteiger partial charge on any atom is -0.496 e. The molecular weight excluding hydrogens is 330 g/mol. The van der Waals surface area contributed by atoms with Gasteiger partial charge in [-0.25, -0.2) is 4.98 Å². The molecule has 1 aromatic heterocycles. The third-order valence-electron chi connectivity index (χ3n) is 3.83. The summed E-state index contributed by atoms with van der Waals surface area (Å²) in [5.41, 5.74) is 8.27. The van der Waals surface area contributed by atoms with Gasteiger partial charge in [0.25, 0.3) is 0 Å². The van der Waals surface area contributed by atoms with E-state index in [1.807, 2.05) is 18.2 Å². The van der Waals surface area contributed by atoms with Gasteiger partial charge in [-0.1, -0.05) is 13.8 Å². The molecule has 0 aliphatic heterocycles. The highest BCUT2D eigenvalue weighted by Gasteiger charge is 2.30. The van der Waals surface area contributed by atoms with Crippen molar-refractivity contribution in [2.24, 2.45) is 0 Å². The van der Waals surface area contributed by atoms with Gasteiger partial charge in [-0.3, -0.25) is 0 Å². The van der Waals surface area contributed by atoms with Gasteiger partial charge in [0.05, 0.1) is 11.6 Å². The summed E-state index contributed by atoms with van der Waals surface area (Å²) in [5, 5.41) is 0. The number of hydrogen-bond acceptors (Lipinski definition) is 3. The van der Waals surface area contributed by atoms with Crippen LogP contribution in [-0.4, -0.2) is 16.7 Å². The summed E-state index contributed by atoms with van der Waals surface area (Å²) in [6.45, 7) is 4.32. The molecular formula is C16H20BrN3O. The number of nitrogen functional groups attached to an aromatic ring is 1. The summed E-state index contributed by atoms with van der Waals surface area (Å²) in [5.74, 6) is 3.03. The summed E-state index contributed by atoms with van der Waals surface area (Å²) in [7, 11) is 1.66. The normalized spacial score (nSPS) is 14.7. The van der Waals surface area contributed by atoms with Gasteiger partial charge in [0, 0.05) is 17.5 Å². The Hall–Kier alpha value is -1.49. The van der Waals surface area contributed by atoms with E-state index in [1.54, 1.807) is 7.11 Å². The maximum absolute atomic E-state index is 6.39. The van der Waals surface area contributed by atoms with Crippen molar-refractivity contribution in [3.8, 4) is 17.0 Å². The predicted octanol–water partition coefficient (Wildman–Crippen LogP) is 4.36. The number of anilines is 1. The molecule has 0 radical (unpaired) electrons. The van der Waals surface area contributed by atoms with Gasteiger partial charge < -0.3 is 15.0 Å². The number of ether oxygens (including phenoxy) is 1. The number of hydrogen-bond donors (Lipinski definition) is 1. The first-order chi connectivity index (χ1) is 10.0. The standard InChI is InChI=1S/C16H20BrN3O/c1-9(2)16-19-14(15(18)20(16)11-5-6-11)10-4-7-13(21-3)12(17)8-10/h4,7-9,11H,5-6,18H2,1-3H3. The van der Waals surface area contributed by atoms with Gasteiger partial charge in [0.1, 0.15) is 23.1 Å². The topological polar surface area (TPSA) is 53.1 Å². The lowest BCUT2D eigenvalue weighted by atomic mass is 10.1. The Balaban J connectivity index is 2.10. The maximum Gasteiger partial charge on any atom is 0.133 e. The quantitative estimate of drug-likeness (QED) is 0.891. The second kappa shape index (κ2) is 5.37. The monoisotopic (exact) mass is 349 g/mol. The number of nitrogens with two attached hydrogens (primary N) is 1. The molecule has 4 nitrogen and oxygen atoms in total. The molecule has 1 heterocycles. The Labute approximate surface area is 133 Å². The molecule has 2 N–H and O–H groups in total. The molecule has 112 valence electrons. The van der Waals surface area contributed by atoms with Crippen LogP contribution >= 0.6 is 15.9 Å². The van der Waals surface area contributed by atoms with E-state index in [2.05, 4.69) is 34.3 Å². The van der Waals surface area contributed by atoms with Crippen molar-refractivity contribution >= 4 is 21.7 Å². The number of nitrogens with zero attached hydrogens (tertiary/aromatic N) is 2. The SMILES string of the molecule is COc1ccc(-c2nc(C(C)C)n(C3CC3)c2N)cc1Br. The van der Waals surface area contributed by atoms with Crippen LogP contribution in [0.25, 0.3) is 11.3 Å². The minimum absolute atomic E-state index is 0.364. The zero-order valence-corrected chi connectivity index (χ0v) is 14.1. The first-order valence-electron chi connectivity index (χ1n) is 7.24. The summed E-state index contributed by atoms with van der Waals surface area (Å²) >= 11 is 3.52. The Morgan fingerprint density at radius 2 is 2.10 bits per heavy atom. The third-order valence-corrected chi connectivity index (χ3v) is 4.45. The molecule has 0 spiro atoms. The highest BCUT2D eigenvalue weighted by atomic mass is 79.9. The lowest BCUT2D eigenvalue weighted by Crippen LogP contribution is -2.06. The number of imidazole rings is 1. The lowest BCUT2D eigenvalue weighted by Gasteiger charge is -2.10. The molecule has 0 bridgehead atoms. The average Bonchev–Trinajstić information content (AvgIpc) is 3.22. The molecule has 3 rings (SSSR count). The smallest absolute Gasteiger partial charge is 0.133 e. The van der Waals surface area contributed by atoms with E-state index in [-0.39, 0.29) is 0 Å². The van der Waals surface area contributed by atoms with E-state index in [1.165, 1.54) is 12.8 Å². The Kier molecular flexibility index (Phi) is 3.69. The summed E-state index contributed by atoms with van der Waals surface area (Å²) in [6.07, 6.45) is 2.40. The van der Waals surface area contributed by atoms with Crippen molar-refractivity contribution in [1.29, 1.82) is 0 Å². The predicted molar refractivity (Wildman–Crippen MR) is 88.7 cm³/mol. The van der Waals surface area contributed by atoms with Crippen LogP contribution < -0.4 is 10.5 Å². The number of benzene rings is 1. The van der Waals surface area contributed by atoms with Gasteiger partial charge in [0.2, 0.25) is 0 Å². The van der Waals surface area contributed by atoms with Crippen LogP contribution in [-0.2, 0) is 0 Å². The molecule has 0 amide bonds. The third kappa shape index (κ3) is 2.55. The van der Waals surface area contributed by atoms with E-state index >= 15 is 0 Å². The molecule has 1 fully saturated rings. The first-order valence-corrected chi connectivity index (χ1v) is 8.03. The van der Waals surface area contributed by atoms with E-state index in [0.717, 1.165) is 33.1 Å². The molecule has 0 atom stereocenters. The van der Waals surface area contributed by atoms with Gasteiger partial charge in [0.15, 0.2) is 0 Å². The summed E-state index contributed by atoms with van der Waals surface area (Å²) < 4.78 is 8.41. The molecule has 0 saturated heterocycles. The van der Waals surface area contributed by atoms with Crippen LogP contribution in [0.1, 0.15) is 44.5 Å². The van der Waals surface area contributed by atoms with Crippen LogP contribution in [0.3, 0.4) is 0 Å². The number of rotatable bonds is 4. The largest absolute Gasteiger partial charge is 0.496 e. The van der Waals surface area contributed by atoms with Crippen LogP contribution in [0.15, 0.2) is 22.7 Å². The van der Waals surface area contributed by atoms with Crippen molar-refractivity contribution in [2.75, 3.05) is 12.8 Å². The zero-order valence-electron chi connectivity index (χ0n) is 12.6. The molecule has 1 aliphatic carbocycles. The van der Waals surface area contributed by atoms with Crippen molar-refractivity contribution < 1.29 is 4.74 Å². The van der Waals surface area contributed by atoms with Gasteiger partial charge in [-0.05, 0) is 47.0 Å². The Bertz CT molecular complexity index is 674. The van der Waals surface area contributed by atoms with Crippen LogP contribution in [0.5, 0.6) is 5.75 Å². The van der Waals surface area contributed by atoms with Crippen molar-refractivity contribution in [3.05, 3.63) is 28.5 Å². The highest BCUT2D eigenvalue weighted by molar-refractivity contribution is 9.10. The van der Waals surface area contributed by atoms with Gasteiger partial charge >= 0.3 is 0 Å². The molecule has 1 aromatic carbocycles. The zero-order chi connectivity index (χ0) is 15.1. The fraction of sp³-hybridized carbons (Fsp3) is 0.438. The maximum atomic E-state index is 6.39. The van der Waals surface area contributed by atoms with Crippen LogP contribution in [0.2, 0.25) is 0 Å². The van der Waals surface area contributed by atoms with Crippen molar-refractivity contribution in [3.63, 3.8) is 0 Å². The Morgan fingerprint density at radius 1 is 1.38 bits per heavy atom. The van der Waals surface area contributed by atoms with E-state index in [4.69, 9.17) is 15.5 Å². The van der Waals surface area contributed by atoms with Crippen LogP contribution in [0, 0.1) is 0 Å². The fourth-order valence-corrected chi connectivity index (χ4v) is 3.15. The van der Waals surface area contributed by atoms with E-state index in [9.17, 15) is 0 Å². The second-order valence-corrected chi connectivity index (χ2v) is 6.66. The molecule has 1 saturated carbocycles. The van der Waals surface area contributed by atoms with Crippen molar-refractivity contribution in [2.45, 2.75) is 38.6 Å². The minimum atomic E-state index is 0.364. The molecule has 1 aliphatic rings. The number of aromatic nitrogens is 2. The molecule has 2 aromatic rings. The Morgan fingerprint density at radius 3 is 2.62 bits per heavy atom. The fourth-order valence-electron chi connectivity index (χ4n) is 2.61. The average molecular weight is 350 g/mol. The first kappa shape index (κ1) is 14.4. The summed E-state index contributed by atoms with van der Waals surface area (Å²) in [6, 6.07) is 6.48. The summed E-state index contributed by atoms with van der Waals surface area (Å²) in [4.78, 5) is 4.81. The molecule has 5 heteroatoms.